The smallest absolute Gasteiger partial charge is 0.115 e. The lowest BCUT2D eigenvalue weighted by atomic mass is 10.0. The Hall–Kier alpha value is -3.13. The van der Waals surface area contributed by atoms with E-state index in [0.29, 0.717) is 5.75 Å². The lowest BCUT2D eigenvalue weighted by molar-refractivity contribution is -0.0979. The molecule has 0 aliphatic heterocycles. The summed E-state index contributed by atoms with van der Waals surface area (Å²) < 4.78 is 0. The Balaban J connectivity index is 0.000000247. The van der Waals surface area contributed by atoms with Gasteiger partial charge in [-0.05, 0) is 28.8 Å². The van der Waals surface area contributed by atoms with Gasteiger partial charge in [-0.2, -0.15) is 0 Å². The van der Waals surface area contributed by atoms with Gasteiger partial charge in [0.05, 0.1) is 0 Å². The predicted molar refractivity (Wildman–Crippen MR) is 96.2 cm³/mol. The summed E-state index contributed by atoms with van der Waals surface area (Å²) >= 11 is 0. The van der Waals surface area contributed by atoms with E-state index in [4.69, 9.17) is 9.90 Å². The van der Waals surface area contributed by atoms with Gasteiger partial charge in [0.25, 0.3) is 0 Å². The lowest BCUT2D eigenvalue weighted by Gasteiger charge is -2.04. The van der Waals surface area contributed by atoms with Crippen LogP contribution in [0.1, 0.15) is 11.1 Å². The molecule has 0 fully saturated rings. The first-order chi connectivity index (χ1) is 11.3. The molecule has 3 rings (SSSR count). The molecular formula is C21H20O2. The quantitative estimate of drug-likeness (QED) is 0.727. The van der Waals surface area contributed by atoms with Crippen molar-refractivity contribution in [2.75, 3.05) is 0 Å². The summed E-state index contributed by atoms with van der Waals surface area (Å²) in [5.41, 5.74) is 3.43. The molecule has 0 spiro atoms. The van der Waals surface area contributed by atoms with Crippen molar-refractivity contribution in [3.8, 4) is 5.75 Å². The first kappa shape index (κ1) is 17.9. The molecule has 0 saturated carbocycles. The maximum Gasteiger partial charge on any atom is 0.115 e. The van der Waals surface area contributed by atoms with Crippen LogP contribution in [-0.2, 0) is 4.79 Å². The summed E-state index contributed by atoms with van der Waals surface area (Å²) in [4.78, 5) is 8.00. The van der Waals surface area contributed by atoms with E-state index in [-0.39, 0.29) is 0 Å². The number of phenols is 1. The van der Waals surface area contributed by atoms with E-state index in [9.17, 15) is 0 Å². The third-order valence-electron chi connectivity index (χ3n) is 3.00. The van der Waals surface area contributed by atoms with Crippen molar-refractivity contribution in [1.82, 2.24) is 0 Å². The Morgan fingerprint density at radius 1 is 0.609 bits per heavy atom. The fourth-order valence-electron chi connectivity index (χ4n) is 1.87. The summed E-state index contributed by atoms with van der Waals surface area (Å²) in [5.74, 6) is 0.322. The molecule has 0 radical (unpaired) electrons. The Labute approximate surface area is 137 Å². The van der Waals surface area contributed by atoms with Gasteiger partial charge in [-0.15, -0.1) is 0 Å². The van der Waals surface area contributed by atoms with Crippen LogP contribution in [0, 0.1) is 0 Å². The van der Waals surface area contributed by atoms with E-state index in [0.717, 1.165) is 5.57 Å². The van der Waals surface area contributed by atoms with Gasteiger partial charge in [0.15, 0.2) is 0 Å². The second kappa shape index (κ2) is 10.6. The van der Waals surface area contributed by atoms with Gasteiger partial charge in [0, 0.05) is 0 Å². The molecule has 2 nitrogen and oxygen atoms in total. The highest BCUT2D eigenvalue weighted by Gasteiger charge is 1.99. The average Bonchev–Trinajstić information content (AvgIpc) is 2.65. The average molecular weight is 304 g/mol. The zero-order chi connectivity index (χ0) is 16.9. The molecule has 3 aromatic carbocycles. The maximum atomic E-state index is 8.63. The molecule has 0 aromatic heterocycles. The van der Waals surface area contributed by atoms with Crippen LogP contribution in [0.4, 0.5) is 0 Å². The molecule has 2 heteroatoms. The monoisotopic (exact) mass is 304 g/mol. The number of para-hydroxylation sites is 1. The number of rotatable bonds is 2. The first-order valence-electron chi connectivity index (χ1n) is 7.10. The zero-order valence-corrected chi connectivity index (χ0v) is 12.9. The minimum atomic E-state index is 0.322. The third kappa shape index (κ3) is 6.44. The van der Waals surface area contributed by atoms with E-state index < -0.39 is 0 Å². The molecule has 0 atom stereocenters. The number of carbonyl (C=O) groups is 1. The lowest BCUT2D eigenvalue weighted by Crippen LogP contribution is -1.84. The van der Waals surface area contributed by atoms with Crippen LogP contribution in [0.15, 0.2) is 97.6 Å². The van der Waals surface area contributed by atoms with Crippen molar-refractivity contribution in [1.29, 1.82) is 0 Å². The number of aromatic hydroxyl groups is 1. The van der Waals surface area contributed by atoms with Gasteiger partial charge >= 0.3 is 0 Å². The van der Waals surface area contributed by atoms with E-state index in [1.165, 1.54) is 11.1 Å². The maximum absolute atomic E-state index is 8.63. The minimum Gasteiger partial charge on any atom is -0.508 e. The summed E-state index contributed by atoms with van der Waals surface area (Å²) in [5, 5.41) is 8.63. The van der Waals surface area contributed by atoms with Crippen molar-refractivity contribution >= 4 is 12.4 Å². The molecule has 0 unspecified atom stereocenters. The Morgan fingerprint density at radius 3 is 1.17 bits per heavy atom. The summed E-state index contributed by atoms with van der Waals surface area (Å²) in [7, 11) is 0. The molecule has 0 amide bonds. The number of carbonyl (C=O) groups excluding carboxylic acids is 1. The van der Waals surface area contributed by atoms with Crippen LogP contribution in [0.2, 0.25) is 0 Å². The Morgan fingerprint density at radius 2 is 0.913 bits per heavy atom. The third-order valence-corrected chi connectivity index (χ3v) is 3.00. The summed E-state index contributed by atoms with van der Waals surface area (Å²) in [6.07, 6.45) is 0. The van der Waals surface area contributed by atoms with Crippen LogP contribution in [0.5, 0.6) is 5.75 Å². The van der Waals surface area contributed by atoms with Gasteiger partial charge in [0.2, 0.25) is 0 Å². The van der Waals surface area contributed by atoms with E-state index in [2.05, 4.69) is 30.8 Å². The summed E-state index contributed by atoms with van der Waals surface area (Å²) in [6.45, 7) is 6.10. The highest BCUT2D eigenvalue weighted by atomic mass is 16.3. The topological polar surface area (TPSA) is 37.3 Å². The SMILES string of the molecule is C=C(c1ccccc1)c1ccccc1.C=O.Oc1ccccc1. The zero-order valence-electron chi connectivity index (χ0n) is 12.9. The van der Waals surface area contributed by atoms with E-state index >= 15 is 0 Å². The number of benzene rings is 3. The minimum absolute atomic E-state index is 0.322. The van der Waals surface area contributed by atoms with Gasteiger partial charge in [-0.3, -0.25) is 0 Å². The standard InChI is InChI=1S/C14H12.C6H6O.CH2O/c1-12(13-8-4-2-5-9-13)14-10-6-3-7-11-14;7-6-4-2-1-3-5-6;1-2/h2-11H,1H2;1-5,7H;1H2. The molecule has 23 heavy (non-hydrogen) atoms. The molecule has 0 heterocycles. The first-order valence-corrected chi connectivity index (χ1v) is 7.10. The van der Waals surface area contributed by atoms with Gasteiger partial charge in [0.1, 0.15) is 12.5 Å². The van der Waals surface area contributed by atoms with Gasteiger partial charge < -0.3 is 9.90 Å². The van der Waals surface area contributed by atoms with Crippen molar-refractivity contribution in [2.24, 2.45) is 0 Å². The molecule has 1 N–H and O–H groups in total. The van der Waals surface area contributed by atoms with Crippen LogP contribution in [-0.4, -0.2) is 11.9 Å². The highest BCUT2D eigenvalue weighted by Crippen LogP contribution is 2.20. The van der Waals surface area contributed by atoms with Crippen LogP contribution < -0.4 is 0 Å². The molecule has 0 saturated heterocycles. The predicted octanol–water partition coefficient (Wildman–Crippen LogP) is 4.96. The van der Waals surface area contributed by atoms with Crippen molar-refractivity contribution in [2.45, 2.75) is 0 Å². The molecule has 3 aromatic rings. The van der Waals surface area contributed by atoms with Crippen molar-refractivity contribution in [3.63, 3.8) is 0 Å². The molecule has 0 bridgehead atoms. The normalized spacial score (nSPS) is 8.70. The summed E-state index contributed by atoms with van der Waals surface area (Å²) in [6, 6.07) is 29.2. The Kier molecular flexibility index (Phi) is 8.24. The number of hydrogen-bond donors (Lipinski definition) is 1. The van der Waals surface area contributed by atoms with E-state index in [1.807, 2.05) is 49.3 Å². The number of hydrogen-bond acceptors (Lipinski definition) is 2. The number of phenolic OH excluding ortho intramolecular Hbond substituents is 1. The van der Waals surface area contributed by atoms with Crippen LogP contribution >= 0.6 is 0 Å². The van der Waals surface area contributed by atoms with E-state index in [1.54, 1.807) is 24.3 Å². The Bertz CT molecular complexity index is 635. The fraction of sp³-hybridized carbons (Fsp3) is 0. The molecular weight excluding hydrogens is 284 g/mol. The van der Waals surface area contributed by atoms with Crippen LogP contribution in [0.25, 0.3) is 5.57 Å². The second-order valence-electron chi connectivity index (χ2n) is 4.55. The van der Waals surface area contributed by atoms with Crippen LogP contribution in [0.3, 0.4) is 0 Å². The largest absolute Gasteiger partial charge is 0.508 e. The second-order valence-corrected chi connectivity index (χ2v) is 4.55. The van der Waals surface area contributed by atoms with Crippen molar-refractivity contribution < 1.29 is 9.90 Å². The molecule has 0 aliphatic rings. The van der Waals surface area contributed by atoms with Gasteiger partial charge in [-0.1, -0.05) is 85.4 Å². The molecule has 116 valence electrons. The van der Waals surface area contributed by atoms with Crippen molar-refractivity contribution in [3.05, 3.63) is 109 Å². The fourth-order valence-corrected chi connectivity index (χ4v) is 1.87. The van der Waals surface area contributed by atoms with Gasteiger partial charge in [-0.25, -0.2) is 0 Å². The molecule has 0 aliphatic carbocycles. The highest BCUT2D eigenvalue weighted by molar-refractivity contribution is 5.77.